The van der Waals surface area contributed by atoms with Gasteiger partial charge in [0.15, 0.2) is 0 Å². The van der Waals surface area contributed by atoms with Crippen LogP contribution in [0.5, 0.6) is 0 Å². The number of rotatable bonds is 6. The molecular weight excluding hydrogens is 244 g/mol. The van der Waals surface area contributed by atoms with Gasteiger partial charge >= 0.3 is 0 Å². The predicted molar refractivity (Wildman–Crippen MR) is 72.4 cm³/mol. The van der Waals surface area contributed by atoms with Gasteiger partial charge in [-0.2, -0.15) is 0 Å². The van der Waals surface area contributed by atoms with Gasteiger partial charge in [-0.1, -0.05) is 30.3 Å². The summed E-state index contributed by atoms with van der Waals surface area (Å²) in [6.45, 7) is 3.54. The van der Waals surface area contributed by atoms with Crippen LogP contribution >= 0.6 is 0 Å². The molecule has 2 atom stereocenters. The van der Waals surface area contributed by atoms with Gasteiger partial charge in [0.05, 0.1) is 12.7 Å². The Bertz CT molecular complexity index is 420. The van der Waals surface area contributed by atoms with E-state index in [1.165, 1.54) is 14.0 Å². The molecule has 0 fully saturated rings. The first-order valence-electron chi connectivity index (χ1n) is 6.18. The molecule has 0 bridgehead atoms. The van der Waals surface area contributed by atoms with Crippen molar-refractivity contribution in [2.24, 2.45) is 0 Å². The molecule has 0 aliphatic heterocycles. The molecule has 0 spiro atoms. The number of carbonyl (C=O) groups excluding carboxylic acids is 2. The highest BCUT2D eigenvalue weighted by molar-refractivity contribution is 5.87. The molecule has 0 saturated heterocycles. The predicted octanol–water partition coefficient (Wildman–Crippen LogP) is 0.842. The number of hydrogen-bond acceptors (Lipinski definition) is 3. The molecule has 0 radical (unpaired) electrons. The lowest BCUT2D eigenvalue weighted by Gasteiger charge is -2.23. The first-order valence-corrected chi connectivity index (χ1v) is 6.18. The third-order valence-corrected chi connectivity index (χ3v) is 2.71. The Kier molecular flexibility index (Phi) is 6.02. The van der Waals surface area contributed by atoms with Crippen molar-refractivity contribution in [3.8, 4) is 0 Å². The van der Waals surface area contributed by atoms with E-state index in [-0.39, 0.29) is 11.8 Å². The number of benzene rings is 1. The highest BCUT2D eigenvalue weighted by Gasteiger charge is 2.25. The van der Waals surface area contributed by atoms with Crippen LogP contribution < -0.4 is 10.6 Å². The van der Waals surface area contributed by atoms with Gasteiger partial charge in [-0.15, -0.1) is 0 Å². The van der Waals surface area contributed by atoms with E-state index in [9.17, 15) is 9.59 Å². The van der Waals surface area contributed by atoms with E-state index in [1.54, 1.807) is 6.92 Å². The number of ether oxygens (including phenoxy) is 1. The van der Waals surface area contributed by atoms with Crippen molar-refractivity contribution in [1.82, 2.24) is 10.6 Å². The van der Waals surface area contributed by atoms with E-state index in [4.69, 9.17) is 4.74 Å². The first kappa shape index (κ1) is 15.2. The van der Waals surface area contributed by atoms with Gasteiger partial charge in [0.2, 0.25) is 11.8 Å². The van der Waals surface area contributed by atoms with Crippen LogP contribution in [-0.4, -0.2) is 31.0 Å². The fourth-order valence-corrected chi connectivity index (χ4v) is 1.67. The van der Waals surface area contributed by atoms with Crippen LogP contribution in [0.15, 0.2) is 30.3 Å². The monoisotopic (exact) mass is 264 g/mol. The molecule has 5 heteroatoms. The van der Waals surface area contributed by atoms with E-state index in [2.05, 4.69) is 10.6 Å². The van der Waals surface area contributed by atoms with Gasteiger partial charge in [0.25, 0.3) is 0 Å². The third-order valence-electron chi connectivity index (χ3n) is 2.71. The van der Waals surface area contributed by atoms with Crippen LogP contribution in [0.2, 0.25) is 0 Å². The molecule has 0 aliphatic rings. The van der Waals surface area contributed by atoms with Gasteiger partial charge in [-0.25, -0.2) is 0 Å². The summed E-state index contributed by atoms with van der Waals surface area (Å²) in [5, 5.41) is 5.11. The second-order valence-corrected chi connectivity index (χ2v) is 4.29. The SMILES string of the molecule is CNC(=O)C(NC(C)=O)C(C)OCc1ccccc1. The molecule has 0 heterocycles. The fourth-order valence-electron chi connectivity index (χ4n) is 1.67. The normalized spacial score (nSPS) is 13.4. The molecule has 0 saturated carbocycles. The summed E-state index contributed by atoms with van der Waals surface area (Å²) in [4.78, 5) is 22.8. The smallest absolute Gasteiger partial charge is 0.245 e. The summed E-state index contributed by atoms with van der Waals surface area (Å²) in [7, 11) is 1.53. The molecule has 0 aliphatic carbocycles. The van der Waals surface area contributed by atoms with E-state index in [0.717, 1.165) is 5.56 Å². The Morgan fingerprint density at radius 1 is 1.26 bits per heavy atom. The Morgan fingerprint density at radius 3 is 2.42 bits per heavy atom. The molecule has 5 nitrogen and oxygen atoms in total. The fraction of sp³-hybridized carbons (Fsp3) is 0.429. The molecule has 0 aromatic heterocycles. The quantitative estimate of drug-likeness (QED) is 0.800. The topological polar surface area (TPSA) is 67.4 Å². The molecule has 104 valence electrons. The summed E-state index contributed by atoms with van der Waals surface area (Å²) in [5.41, 5.74) is 1.02. The van der Waals surface area contributed by atoms with Crippen LogP contribution in [0.3, 0.4) is 0 Å². The van der Waals surface area contributed by atoms with Gasteiger partial charge in [0, 0.05) is 14.0 Å². The Morgan fingerprint density at radius 2 is 1.89 bits per heavy atom. The van der Waals surface area contributed by atoms with Crippen molar-refractivity contribution >= 4 is 11.8 Å². The summed E-state index contributed by atoms with van der Waals surface area (Å²) in [6, 6.07) is 8.98. The van der Waals surface area contributed by atoms with Crippen molar-refractivity contribution in [3.63, 3.8) is 0 Å². The molecular formula is C14H20N2O3. The minimum absolute atomic E-state index is 0.260. The Balaban J connectivity index is 2.59. The maximum atomic E-state index is 11.7. The van der Waals surface area contributed by atoms with Gasteiger partial charge < -0.3 is 15.4 Å². The number of nitrogens with one attached hydrogen (secondary N) is 2. The summed E-state index contributed by atoms with van der Waals surface area (Å²) in [5.74, 6) is -0.528. The van der Waals surface area contributed by atoms with E-state index < -0.39 is 12.1 Å². The zero-order chi connectivity index (χ0) is 14.3. The van der Waals surface area contributed by atoms with E-state index in [1.807, 2.05) is 30.3 Å². The lowest BCUT2D eigenvalue weighted by atomic mass is 10.1. The highest BCUT2D eigenvalue weighted by Crippen LogP contribution is 2.06. The second kappa shape index (κ2) is 7.53. The standard InChI is InChI=1S/C14H20N2O3/c1-10(13(14(18)15-3)16-11(2)17)19-9-12-7-5-4-6-8-12/h4-8,10,13H,9H2,1-3H3,(H,15,18)(H,16,17). The van der Waals surface area contributed by atoms with Crippen molar-refractivity contribution in [2.75, 3.05) is 7.05 Å². The maximum Gasteiger partial charge on any atom is 0.245 e. The van der Waals surface area contributed by atoms with Crippen molar-refractivity contribution in [2.45, 2.75) is 32.6 Å². The lowest BCUT2D eigenvalue weighted by Crippen LogP contribution is -2.51. The van der Waals surface area contributed by atoms with Crippen LogP contribution in [0.4, 0.5) is 0 Å². The van der Waals surface area contributed by atoms with E-state index in [0.29, 0.717) is 6.61 Å². The minimum Gasteiger partial charge on any atom is -0.371 e. The molecule has 1 aromatic rings. The molecule has 19 heavy (non-hydrogen) atoms. The number of hydrogen-bond donors (Lipinski definition) is 2. The van der Waals surface area contributed by atoms with Crippen molar-refractivity contribution in [3.05, 3.63) is 35.9 Å². The number of likely N-dealkylation sites (N-methyl/N-ethyl adjacent to an activating group) is 1. The molecule has 2 N–H and O–H groups in total. The summed E-state index contributed by atoms with van der Waals surface area (Å²) < 4.78 is 5.64. The minimum atomic E-state index is -0.689. The second-order valence-electron chi connectivity index (χ2n) is 4.29. The van der Waals surface area contributed by atoms with Gasteiger partial charge in [-0.3, -0.25) is 9.59 Å². The van der Waals surface area contributed by atoms with Gasteiger partial charge in [-0.05, 0) is 12.5 Å². The van der Waals surface area contributed by atoms with Crippen LogP contribution in [0.25, 0.3) is 0 Å². The Labute approximate surface area is 113 Å². The largest absolute Gasteiger partial charge is 0.371 e. The van der Waals surface area contributed by atoms with Crippen molar-refractivity contribution < 1.29 is 14.3 Å². The average Bonchev–Trinajstić information content (AvgIpc) is 2.42. The first-order chi connectivity index (χ1) is 9.04. The third kappa shape index (κ3) is 5.09. The van der Waals surface area contributed by atoms with Crippen LogP contribution in [0.1, 0.15) is 19.4 Å². The molecule has 1 rings (SSSR count). The number of amides is 2. The van der Waals surface area contributed by atoms with Crippen LogP contribution in [0, 0.1) is 0 Å². The molecule has 1 aromatic carbocycles. The zero-order valence-electron chi connectivity index (χ0n) is 11.5. The lowest BCUT2D eigenvalue weighted by molar-refractivity contribution is -0.132. The average molecular weight is 264 g/mol. The highest BCUT2D eigenvalue weighted by atomic mass is 16.5. The zero-order valence-corrected chi connectivity index (χ0v) is 11.5. The summed E-state index contributed by atoms with van der Waals surface area (Å²) >= 11 is 0. The molecule has 2 amide bonds. The van der Waals surface area contributed by atoms with Crippen molar-refractivity contribution in [1.29, 1.82) is 0 Å². The Hall–Kier alpha value is -1.88. The van der Waals surface area contributed by atoms with E-state index >= 15 is 0 Å². The number of carbonyl (C=O) groups is 2. The van der Waals surface area contributed by atoms with Gasteiger partial charge in [0.1, 0.15) is 6.04 Å². The maximum absolute atomic E-state index is 11.7. The molecule has 2 unspecified atom stereocenters. The summed E-state index contributed by atoms with van der Waals surface area (Å²) in [6.07, 6.45) is -0.413. The van der Waals surface area contributed by atoms with Crippen LogP contribution in [-0.2, 0) is 20.9 Å².